The predicted molar refractivity (Wildman–Crippen MR) is 55.1 cm³/mol. The monoisotopic (exact) mass is 246 g/mol. The molecule has 0 radical (unpaired) electrons. The molecule has 6 heteroatoms. The fraction of sp³-hybridized carbons (Fsp3) is 0.364. The number of amidine groups is 1. The number of benzene rings is 1. The van der Waals surface area contributed by atoms with Gasteiger partial charge in [0.1, 0.15) is 11.7 Å². The Kier molecular flexibility index (Phi) is 2.81. The summed E-state index contributed by atoms with van der Waals surface area (Å²) in [7, 11) is 0. The maximum Gasteiger partial charge on any atom is 0.417 e. The van der Waals surface area contributed by atoms with Crippen LogP contribution in [0.4, 0.5) is 17.6 Å². The molecular formula is C11H10F4N2. The van der Waals surface area contributed by atoms with Crippen molar-refractivity contribution in [3.8, 4) is 0 Å². The molecule has 1 fully saturated rings. The summed E-state index contributed by atoms with van der Waals surface area (Å²) in [6.45, 7) is 0. The van der Waals surface area contributed by atoms with E-state index in [-0.39, 0.29) is 17.4 Å². The Balaban J connectivity index is 2.46. The standard InChI is InChI=1S/C11H10F4N2/c12-6-1-4-9(11(13,14)15)8(5-6)10(16)17-7-2-3-7/h1,4-5,7H,2-3H2,(H2,16,17). The summed E-state index contributed by atoms with van der Waals surface area (Å²) in [5.74, 6) is -1.01. The zero-order valence-corrected chi connectivity index (χ0v) is 8.76. The normalized spacial score (nSPS) is 17.3. The molecule has 1 aliphatic carbocycles. The van der Waals surface area contributed by atoms with Gasteiger partial charge >= 0.3 is 6.18 Å². The number of rotatable bonds is 2. The van der Waals surface area contributed by atoms with E-state index in [0.29, 0.717) is 6.07 Å². The SMILES string of the molecule is NC(=NC1CC1)c1cc(F)ccc1C(F)(F)F. The van der Waals surface area contributed by atoms with Crippen molar-refractivity contribution in [3.05, 3.63) is 35.1 Å². The lowest BCUT2D eigenvalue weighted by atomic mass is 10.1. The molecular weight excluding hydrogens is 236 g/mol. The van der Waals surface area contributed by atoms with Gasteiger partial charge in [0.25, 0.3) is 0 Å². The molecule has 2 N–H and O–H groups in total. The lowest BCUT2D eigenvalue weighted by molar-refractivity contribution is -0.137. The molecule has 1 aromatic rings. The van der Waals surface area contributed by atoms with Gasteiger partial charge in [0.2, 0.25) is 0 Å². The zero-order valence-electron chi connectivity index (χ0n) is 8.76. The van der Waals surface area contributed by atoms with E-state index in [4.69, 9.17) is 5.73 Å². The number of aliphatic imine (C=N–C) groups is 1. The average Bonchev–Trinajstić information content (AvgIpc) is 2.99. The number of hydrogen-bond donors (Lipinski definition) is 1. The van der Waals surface area contributed by atoms with Gasteiger partial charge in [-0.15, -0.1) is 0 Å². The summed E-state index contributed by atoms with van der Waals surface area (Å²) in [6, 6.07) is 2.19. The molecule has 0 amide bonds. The third-order valence-electron chi connectivity index (χ3n) is 2.43. The number of hydrogen-bond acceptors (Lipinski definition) is 1. The number of alkyl halides is 3. The molecule has 0 saturated heterocycles. The number of nitrogens with zero attached hydrogens (tertiary/aromatic N) is 1. The maximum atomic E-state index is 13.0. The zero-order chi connectivity index (χ0) is 12.6. The van der Waals surface area contributed by atoms with Crippen molar-refractivity contribution in [2.75, 3.05) is 0 Å². The van der Waals surface area contributed by atoms with Crippen LogP contribution in [0.25, 0.3) is 0 Å². The highest BCUT2D eigenvalue weighted by Gasteiger charge is 2.34. The molecule has 17 heavy (non-hydrogen) atoms. The fourth-order valence-corrected chi connectivity index (χ4v) is 1.45. The maximum absolute atomic E-state index is 13.0. The van der Waals surface area contributed by atoms with Gasteiger partial charge in [0.15, 0.2) is 0 Å². The first-order valence-electron chi connectivity index (χ1n) is 5.08. The van der Waals surface area contributed by atoms with Crippen LogP contribution >= 0.6 is 0 Å². The summed E-state index contributed by atoms with van der Waals surface area (Å²) in [5, 5.41) is 0. The molecule has 2 rings (SSSR count). The van der Waals surface area contributed by atoms with Crippen molar-refractivity contribution in [1.29, 1.82) is 0 Å². The van der Waals surface area contributed by atoms with Crippen LogP contribution < -0.4 is 5.73 Å². The molecule has 92 valence electrons. The van der Waals surface area contributed by atoms with Crippen LogP contribution in [0.5, 0.6) is 0 Å². The van der Waals surface area contributed by atoms with Gasteiger partial charge in [0, 0.05) is 5.56 Å². The molecule has 0 heterocycles. The van der Waals surface area contributed by atoms with Crippen molar-refractivity contribution in [2.45, 2.75) is 25.1 Å². The third-order valence-corrected chi connectivity index (χ3v) is 2.43. The van der Waals surface area contributed by atoms with Gasteiger partial charge in [-0.1, -0.05) is 0 Å². The van der Waals surface area contributed by atoms with Crippen molar-refractivity contribution in [3.63, 3.8) is 0 Å². The molecule has 1 aliphatic rings. The second-order valence-corrected chi connectivity index (χ2v) is 3.93. The van der Waals surface area contributed by atoms with E-state index in [1.807, 2.05) is 0 Å². The van der Waals surface area contributed by atoms with E-state index in [2.05, 4.69) is 4.99 Å². The fourth-order valence-electron chi connectivity index (χ4n) is 1.45. The Hall–Kier alpha value is -1.59. The minimum atomic E-state index is -4.56. The second-order valence-electron chi connectivity index (χ2n) is 3.93. The smallest absolute Gasteiger partial charge is 0.383 e. The summed E-state index contributed by atoms with van der Waals surface area (Å²) >= 11 is 0. The summed E-state index contributed by atoms with van der Waals surface area (Å²) in [6.07, 6.45) is -2.93. The van der Waals surface area contributed by atoms with E-state index < -0.39 is 17.6 Å². The predicted octanol–water partition coefficient (Wildman–Crippen LogP) is 2.71. The van der Waals surface area contributed by atoms with Crippen LogP contribution in [0.1, 0.15) is 24.0 Å². The van der Waals surface area contributed by atoms with Crippen LogP contribution in [0.15, 0.2) is 23.2 Å². The van der Waals surface area contributed by atoms with E-state index in [1.165, 1.54) is 0 Å². The van der Waals surface area contributed by atoms with Gasteiger partial charge in [0.05, 0.1) is 11.6 Å². The molecule has 2 nitrogen and oxygen atoms in total. The van der Waals surface area contributed by atoms with Crippen molar-refractivity contribution in [1.82, 2.24) is 0 Å². The van der Waals surface area contributed by atoms with Crippen LogP contribution in [0, 0.1) is 5.82 Å². The Morgan fingerprint density at radius 2 is 1.94 bits per heavy atom. The van der Waals surface area contributed by atoms with E-state index in [9.17, 15) is 17.6 Å². The van der Waals surface area contributed by atoms with Crippen molar-refractivity contribution >= 4 is 5.84 Å². The van der Waals surface area contributed by atoms with Crippen LogP contribution in [0.2, 0.25) is 0 Å². The van der Waals surface area contributed by atoms with Crippen LogP contribution in [-0.2, 0) is 6.18 Å². The molecule has 1 saturated carbocycles. The van der Waals surface area contributed by atoms with E-state index >= 15 is 0 Å². The summed E-state index contributed by atoms with van der Waals surface area (Å²) in [4.78, 5) is 3.90. The van der Waals surface area contributed by atoms with Gasteiger partial charge in [-0.3, -0.25) is 4.99 Å². The second kappa shape index (κ2) is 4.01. The van der Waals surface area contributed by atoms with Crippen LogP contribution in [0.3, 0.4) is 0 Å². The summed E-state index contributed by atoms with van der Waals surface area (Å²) in [5.41, 5.74) is 4.14. The molecule has 0 unspecified atom stereocenters. The van der Waals surface area contributed by atoms with E-state index in [1.54, 1.807) is 0 Å². The molecule has 0 bridgehead atoms. The Labute approximate surface area is 95.1 Å². The minimum absolute atomic E-state index is 0.0145. The first-order chi connectivity index (χ1) is 7.88. The lowest BCUT2D eigenvalue weighted by Crippen LogP contribution is -2.20. The quantitative estimate of drug-likeness (QED) is 0.486. The Morgan fingerprint density at radius 1 is 1.29 bits per heavy atom. The van der Waals surface area contributed by atoms with Crippen molar-refractivity contribution < 1.29 is 17.6 Å². The Bertz CT molecular complexity index is 461. The Morgan fingerprint density at radius 3 is 2.47 bits per heavy atom. The molecule has 1 aromatic carbocycles. The van der Waals surface area contributed by atoms with Gasteiger partial charge in [-0.2, -0.15) is 13.2 Å². The molecule has 0 atom stereocenters. The molecule has 0 spiro atoms. The topological polar surface area (TPSA) is 38.4 Å². The largest absolute Gasteiger partial charge is 0.417 e. The van der Waals surface area contributed by atoms with Gasteiger partial charge in [-0.05, 0) is 31.0 Å². The molecule has 0 aromatic heterocycles. The van der Waals surface area contributed by atoms with Crippen molar-refractivity contribution in [2.24, 2.45) is 10.7 Å². The number of halogens is 4. The van der Waals surface area contributed by atoms with Crippen LogP contribution in [-0.4, -0.2) is 11.9 Å². The highest BCUT2D eigenvalue weighted by atomic mass is 19.4. The van der Waals surface area contributed by atoms with Gasteiger partial charge < -0.3 is 5.73 Å². The lowest BCUT2D eigenvalue weighted by Gasteiger charge is -2.12. The summed E-state index contributed by atoms with van der Waals surface area (Å²) < 4.78 is 51.0. The first-order valence-corrected chi connectivity index (χ1v) is 5.08. The molecule has 0 aliphatic heterocycles. The third kappa shape index (κ3) is 2.75. The number of nitrogens with two attached hydrogens (primary N) is 1. The van der Waals surface area contributed by atoms with Gasteiger partial charge in [-0.25, -0.2) is 4.39 Å². The average molecular weight is 246 g/mol. The first kappa shape index (κ1) is 11.9. The van der Waals surface area contributed by atoms with E-state index in [0.717, 1.165) is 25.0 Å². The minimum Gasteiger partial charge on any atom is -0.383 e. The highest BCUT2D eigenvalue weighted by molar-refractivity contribution is 5.99. The highest BCUT2D eigenvalue weighted by Crippen LogP contribution is 2.33.